The van der Waals surface area contributed by atoms with Crippen LogP contribution in [0.15, 0.2) is 34.6 Å². The summed E-state index contributed by atoms with van der Waals surface area (Å²) in [7, 11) is 0. The van der Waals surface area contributed by atoms with Crippen LogP contribution in [0.1, 0.15) is 31.4 Å². The lowest BCUT2D eigenvalue weighted by molar-refractivity contribution is -0.139. The Balaban J connectivity index is 1.91. The molecule has 1 aliphatic rings. The fourth-order valence-corrected chi connectivity index (χ4v) is 3.09. The molecule has 6 heteroatoms. The van der Waals surface area contributed by atoms with Gasteiger partial charge in [-0.3, -0.25) is 4.79 Å². The molecule has 6 nitrogen and oxygen atoms in total. The first-order valence-electron chi connectivity index (χ1n) is 7.48. The van der Waals surface area contributed by atoms with Crippen LogP contribution in [0, 0.1) is 11.8 Å². The second kappa shape index (κ2) is 7.47. The van der Waals surface area contributed by atoms with Crippen molar-refractivity contribution in [2.45, 2.75) is 44.3 Å². The van der Waals surface area contributed by atoms with Gasteiger partial charge in [0.2, 0.25) is 0 Å². The maximum atomic E-state index is 10.9. The summed E-state index contributed by atoms with van der Waals surface area (Å²) in [6.45, 7) is 0. The average molecular weight is 310 g/mol. The van der Waals surface area contributed by atoms with E-state index in [-0.39, 0.29) is 18.6 Å². The van der Waals surface area contributed by atoms with E-state index in [9.17, 15) is 20.1 Å². The molecule has 0 unspecified atom stereocenters. The van der Waals surface area contributed by atoms with Gasteiger partial charge in [-0.25, -0.2) is 0 Å². The van der Waals surface area contributed by atoms with Crippen molar-refractivity contribution in [3.05, 3.63) is 36.0 Å². The summed E-state index contributed by atoms with van der Waals surface area (Å²) in [5, 5.41) is 38.8. The van der Waals surface area contributed by atoms with E-state index < -0.39 is 30.0 Å². The maximum Gasteiger partial charge on any atom is 0.303 e. The largest absolute Gasteiger partial charge is 0.512 e. The van der Waals surface area contributed by atoms with Gasteiger partial charge in [0.15, 0.2) is 0 Å². The van der Waals surface area contributed by atoms with Crippen LogP contribution in [0.2, 0.25) is 0 Å². The summed E-state index contributed by atoms with van der Waals surface area (Å²) in [5.41, 5.74) is 0. The summed E-state index contributed by atoms with van der Waals surface area (Å²) >= 11 is 0. The molecule has 22 heavy (non-hydrogen) atoms. The highest BCUT2D eigenvalue weighted by atomic mass is 16.4. The summed E-state index contributed by atoms with van der Waals surface area (Å²) in [4.78, 5) is 10.9. The number of aliphatic hydroxyl groups is 3. The Labute approximate surface area is 128 Å². The SMILES string of the molecule is O=C(O)C[C@@H]1[C@@H](C(O)=CCCCc2ccco2)[C@H](O)C[C@@H]1O. The highest BCUT2D eigenvalue weighted by molar-refractivity contribution is 5.67. The lowest BCUT2D eigenvalue weighted by Crippen LogP contribution is -2.26. The van der Waals surface area contributed by atoms with Crippen molar-refractivity contribution in [2.75, 3.05) is 0 Å². The normalized spacial score (nSPS) is 28.9. The minimum absolute atomic E-state index is 0.0326. The van der Waals surface area contributed by atoms with Crippen LogP contribution < -0.4 is 0 Å². The second-order valence-electron chi connectivity index (χ2n) is 5.76. The number of allylic oxidation sites excluding steroid dienone is 1. The number of carboxylic acid groups (broad SMARTS) is 1. The van der Waals surface area contributed by atoms with Gasteiger partial charge in [0.25, 0.3) is 0 Å². The molecule has 1 aromatic heterocycles. The van der Waals surface area contributed by atoms with Crippen molar-refractivity contribution in [1.82, 2.24) is 0 Å². The summed E-state index contributed by atoms with van der Waals surface area (Å²) < 4.78 is 5.21. The van der Waals surface area contributed by atoms with Gasteiger partial charge in [0.05, 0.1) is 30.7 Å². The number of rotatable bonds is 7. The van der Waals surface area contributed by atoms with E-state index in [0.717, 1.165) is 18.6 Å². The highest BCUT2D eigenvalue weighted by Crippen LogP contribution is 2.38. The number of aliphatic hydroxyl groups excluding tert-OH is 3. The number of carbonyl (C=O) groups is 1. The molecule has 0 radical (unpaired) electrons. The van der Waals surface area contributed by atoms with E-state index in [2.05, 4.69) is 0 Å². The van der Waals surface area contributed by atoms with E-state index in [4.69, 9.17) is 9.52 Å². The molecular weight excluding hydrogens is 288 g/mol. The molecule has 0 aliphatic heterocycles. The molecule has 0 saturated heterocycles. The van der Waals surface area contributed by atoms with Crippen molar-refractivity contribution in [2.24, 2.45) is 11.8 Å². The van der Waals surface area contributed by atoms with Crippen molar-refractivity contribution >= 4 is 5.97 Å². The number of hydrogen-bond donors (Lipinski definition) is 4. The predicted molar refractivity (Wildman–Crippen MR) is 78.2 cm³/mol. The Kier molecular flexibility index (Phi) is 5.63. The van der Waals surface area contributed by atoms with Gasteiger partial charge in [-0.1, -0.05) is 0 Å². The van der Waals surface area contributed by atoms with Crippen molar-refractivity contribution in [3.8, 4) is 0 Å². The van der Waals surface area contributed by atoms with Gasteiger partial charge in [0.1, 0.15) is 5.76 Å². The topological polar surface area (TPSA) is 111 Å². The first kappa shape index (κ1) is 16.6. The Hall–Kier alpha value is -1.79. The quantitative estimate of drug-likeness (QED) is 0.452. The third-order valence-corrected chi connectivity index (χ3v) is 4.17. The van der Waals surface area contributed by atoms with E-state index in [1.54, 1.807) is 12.3 Å². The van der Waals surface area contributed by atoms with E-state index in [1.807, 2.05) is 12.1 Å². The van der Waals surface area contributed by atoms with Crippen LogP contribution in [-0.2, 0) is 11.2 Å². The lowest BCUT2D eigenvalue weighted by Gasteiger charge is -2.21. The summed E-state index contributed by atoms with van der Waals surface area (Å²) in [5.74, 6) is -1.58. The van der Waals surface area contributed by atoms with Gasteiger partial charge in [-0.15, -0.1) is 0 Å². The van der Waals surface area contributed by atoms with E-state index >= 15 is 0 Å². The molecule has 0 aromatic carbocycles. The number of hydrogen-bond acceptors (Lipinski definition) is 5. The number of unbranched alkanes of at least 4 members (excludes halogenated alkanes) is 1. The first-order chi connectivity index (χ1) is 10.5. The van der Waals surface area contributed by atoms with Crippen LogP contribution in [0.5, 0.6) is 0 Å². The summed E-state index contributed by atoms with van der Waals surface area (Å²) in [6.07, 6.45) is 3.30. The third kappa shape index (κ3) is 4.11. The Morgan fingerprint density at radius 1 is 1.32 bits per heavy atom. The second-order valence-corrected chi connectivity index (χ2v) is 5.76. The van der Waals surface area contributed by atoms with Gasteiger partial charge in [-0.2, -0.15) is 0 Å². The molecule has 1 fully saturated rings. The Bertz CT molecular complexity index is 507. The number of aliphatic carboxylic acids is 1. The predicted octanol–water partition coefficient (Wildman–Crippen LogP) is 1.88. The van der Waals surface area contributed by atoms with Crippen LogP contribution in [-0.4, -0.2) is 38.6 Å². The number of aryl methyl sites for hydroxylation is 1. The molecule has 4 N–H and O–H groups in total. The molecule has 1 aromatic rings. The fourth-order valence-electron chi connectivity index (χ4n) is 3.09. The maximum absolute atomic E-state index is 10.9. The molecule has 1 aliphatic carbocycles. The molecule has 1 saturated carbocycles. The van der Waals surface area contributed by atoms with Crippen molar-refractivity contribution in [1.29, 1.82) is 0 Å². The highest BCUT2D eigenvalue weighted by Gasteiger charge is 2.44. The summed E-state index contributed by atoms with van der Waals surface area (Å²) in [6, 6.07) is 3.69. The molecule has 4 atom stereocenters. The van der Waals surface area contributed by atoms with Crippen LogP contribution in [0.25, 0.3) is 0 Å². The number of carboxylic acids is 1. The molecule has 0 amide bonds. The fraction of sp³-hybridized carbons (Fsp3) is 0.562. The van der Waals surface area contributed by atoms with Gasteiger partial charge in [0, 0.05) is 24.7 Å². The van der Waals surface area contributed by atoms with Crippen LogP contribution in [0.4, 0.5) is 0 Å². The van der Waals surface area contributed by atoms with E-state index in [1.165, 1.54) is 0 Å². The zero-order chi connectivity index (χ0) is 16.1. The van der Waals surface area contributed by atoms with Gasteiger partial charge in [-0.05, 0) is 31.1 Å². The van der Waals surface area contributed by atoms with E-state index in [0.29, 0.717) is 6.42 Å². The average Bonchev–Trinajstić information content (AvgIpc) is 3.03. The lowest BCUT2D eigenvalue weighted by atomic mass is 9.88. The minimum atomic E-state index is -1.05. The Morgan fingerprint density at radius 3 is 2.73 bits per heavy atom. The van der Waals surface area contributed by atoms with Gasteiger partial charge < -0.3 is 24.8 Å². The molecule has 2 rings (SSSR count). The van der Waals surface area contributed by atoms with Crippen molar-refractivity contribution < 1.29 is 29.6 Å². The van der Waals surface area contributed by atoms with Crippen LogP contribution in [0.3, 0.4) is 0 Å². The smallest absolute Gasteiger partial charge is 0.303 e. The molecule has 0 bridgehead atoms. The molecule has 0 spiro atoms. The zero-order valence-electron chi connectivity index (χ0n) is 12.3. The standard InChI is InChI=1S/C16H22O6/c17-12(6-2-1-4-10-5-3-7-22-10)16-11(8-15(20)21)13(18)9-14(16)19/h3,5-7,11,13-14,16-19H,1-2,4,8-9H2,(H,20,21)/t11-,13-,14+,16-/m0/s1. The monoisotopic (exact) mass is 310 g/mol. The van der Waals surface area contributed by atoms with Crippen LogP contribution >= 0.6 is 0 Å². The number of furan rings is 1. The van der Waals surface area contributed by atoms with Gasteiger partial charge >= 0.3 is 5.97 Å². The minimum Gasteiger partial charge on any atom is -0.512 e. The molecular formula is C16H22O6. The zero-order valence-corrected chi connectivity index (χ0v) is 12.3. The molecule has 1 heterocycles. The Morgan fingerprint density at radius 2 is 2.09 bits per heavy atom. The molecule has 122 valence electrons. The first-order valence-corrected chi connectivity index (χ1v) is 7.48. The third-order valence-electron chi connectivity index (χ3n) is 4.17. The van der Waals surface area contributed by atoms with Crippen molar-refractivity contribution in [3.63, 3.8) is 0 Å².